The molecule has 3 aromatic rings. The molecule has 0 amide bonds. The standard InChI is InChI=1S/C23H24FNO/c1-18-7-6-8-19(15-18)17-26-23-12-5-3-10-21(23)16-25-14-13-20-9-2-4-11-22(20)24/h2-12,15,25H,13-14,16-17H2,1H3. The summed E-state index contributed by atoms with van der Waals surface area (Å²) in [5.74, 6) is 0.739. The van der Waals surface area contributed by atoms with Crippen molar-refractivity contribution in [3.8, 4) is 5.75 Å². The number of rotatable bonds is 8. The van der Waals surface area contributed by atoms with E-state index in [1.165, 1.54) is 11.6 Å². The van der Waals surface area contributed by atoms with Gasteiger partial charge in [0.25, 0.3) is 0 Å². The second-order valence-corrected chi connectivity index (χ2v) is 6.40. The van der Waals surface area contributed by atoms with Crippen molar-refractivity contribution in [3.05, 3.63) is 101 Å². The minimum Gasteiger partial charge on any atom is -0.489 e. The molecule has 2 nitrogen and oxygen atoms in total. The third-order valence-electron chi connectivity index (χ3n) is 4.29. The van der Waals surface area contributed by atoms with E-state index in [0.29, 0.717) is 26.1 Å². The quantitative estimate of drug-likeness (QED) is 0.575. The predicted molar refractivity (Wildman–Crippen MR) is 104 cm³/mol. The van der Waals surface area contributed by atoms with Crippen LogP contribution in [0.2, 0.25) is 0 Å². The lowest BCUT2D eigenvalue weighted by Crippen LogP contribution is -2.17. The Morgan fingerprint density at radius 1 is 0.885 bits per heavy atom. The van der Waals surface area contributed by atoms with Crippen molar-refractivity contribution in [1.29, 1.82) is 0 Å². The second kappa shape index (κ2) is 9.16. The molecule has 3 heteroatoms. The number of para-hydroxylation sites is 1. The fraction of sp³-hybridized carbons (Fsp3) is 0.217. The molecule has 0 bridgehead atoms. The maximum absolute atomic E-state index is 13.6. The summed E-state index contributed by atoms with van der Waals surface area (Å²) in [6.07, 6.45) is 0.666. The van der Waals surface area contributed by atoms with Crippen LogP contribution < -0.4 is 10.1 Å². The van der Waals surface area contributed by atoms with E-state index in [4.69, 9.17) is 4.74 Å². The lowest BCUT2D eigenvalue weighted by molar-refractivity contribution is 0.302. The van der Waals surface area contributed by atoms with E-state index in [1.54, 1.807) is 6.07 Å². The van der Waals surface area contributed by atoms with Gasteiger partial charge in [-0.1, -0.05) is 66.2 Å². The van der Waals surface area contributed by atoms with E-state index in [-0.39, 0.29) is 5.82 Å². The highest BCUT2D eigenvalue weighted by Gasteiger charge is 2.05. The molecule has 0 fully saturated rings. The highest BCUT2D eigenvalue weighted by Crippen LogP contribution is 2.19. The molecule has 0 saturated carbocycles. The topological polar surface area (TPSA) is 21.3 Å². The van der Waals surface area contributed by atoms with Crippen LogP contribution in [0.15, 0.2) is 72.8 Å². The number of benzene rings is 3. The molecule has 0 radical (unpaired) electrons. The molecule has 3 rings (SSSR count). The number of halogens is 1. The van der Waals surface area contributed by atoms with Crippen molar-refractivity contribution in [3.63, 3.8) is 0 Å². The van der Waals surface area contributed by atoms with E-state index in [2.05, 4.69) is 36.5 Å². The normalized spacial score (nSPS) is 10.7. The summed E-state index contributed by atoms with van der Waals surface area (Å²) in [7, 11) is 0. The Hall–Kier alpha value is -2.65. The fourth-order valence-electron chi connectivity index (χ4n) is 2.90. The Morgan fingerprint density at radius 2 is 1.65 bits per heavy atom. The number of ether oxygens (including phenoxy) is 1. The lowest BCUT2D eigenvalue weighted by atomic mass is 10.1. The van der Waals surface area contributed by atoms with Gasteiger partial charge in [-0.15, -0.1) is 0 Å². The fourth-order valence-corrected chi connectivity index (χ4v) is 2.90. The molecule has 0 aliphatic rings. The van der Waals surface area contributed by atoms with Crippen molar-refractivity contribution in [2.75, 3.05) is 6.54 Å². The summed E-state index contributed by atoms with van der Waals surface area (Å²) in [4.78, 5) is 0. The van der Waals surface area contributed by atoms with Crippen LogP contribution in [0.4, 0.5) is 4.39 Å². The van der Waals surface area contributed by atoms with Crippen LogP contribution in [0.5, 0.6) is 5.75 Å². The van der Waals surface area contributed by atoms with Gasteiger partial charge in [0.15, 0.2) is 0 Å². The third kappa shape index (κ3) is 5.17. The van der Waals surface area contributed by atoms with Gasteiger partial charge in [-0.2, -0.15) is 0 Å². The van der Waals surface area contributed by atoms with Crippen LogP contribution in [-0.2, 0) is 19.6 Å². The smallest absolute Gasteiger partial charge is 0.126 e. The minimum atomic E-state index is -0.142. The Balaban J connectivity index is 1.53. The van der Waals surface area contributed by atoms with E-state index in [9.17, 15) is 4.39 Å². The van der Waals surface area contributed by atoms with Crippen LogP contribution in [0, 0.1) is 12.7 Å². The number of aryl methyl sites for hydroxylation is 1. The molecule has 0 aliphatic carbocycles. The van der Waals surface area contributed by atoms with Crippen LogP contribution in [0.3, 0.4) is 0 Å². The molecule has 0 unspecified atom stereocenters. The van der Waals surface area contributed by atoms with Gasteiger partial charge < -0.3 is 10.1 Å². The lowest BCUT2D eigenvalue weighted by Gasteiger charge is -2.13. The van der Waals surface area contributed by atoms with Gasteiger partial charge in [-0.3, -0.25) is 0 Å². The molecule has 0 spiro atoms. The van der Waals surface area contributed by atoms with Crippen LogP contribution in [0.25, 0.3) is 0 Å². The van der Waals surface area contributed by atoms with Crippen molar-refractivity contribution >= 4 is 0 Å². The van der Waals surface area contributed by atoms with Gasteiger partial charge >= 0.3 is 0 Å². The molecule has 3 aromatic carbocycles. The Morgan fingerprint density at radius 3 is 2.46 bits per heavy atom. The summed E-state index contributed by atoms with van der Waals surface area (Å²) in [6, 6.07) is 23.3. The Labute approximate surface area is 154 Å². The average Bonchev–Trinajstić information content (AvgIpc) is 2.66. The first-order valence-corrected chi connectivity index (χ1v) is 8.93. The first kappa shape index (κ1) is 18.2. The zero-order valence-corrected chi connectivity index (χ0v) is 15.0. The van der Waals surface area contributed by atoms with Gasteiger partial charge in [0.1, 0.15) is 18.2 Å². The highest BCUT2D eigenvalue weighted by atomic mass is 19.1. The van der Waals surface area contributed by atoms with E-state index in [1.807, 2.05) is 36.4 Å². The molecule has 26 heavy (non-hydrogen) atoms. The molecule has 0 atom stereocenters. The summed E-state index contributed by atoms with van der Waals surface area (Å²) in [6.45, 7) is 4.04. The molecule has 0 saturated heterocycles. The maximum atomic E-state index is 13.6. The van der Waals surface area contributed by atoms with Gasteiger partial charge in [0.2, 0.25) is 0 Å². The van der Waals surface area contributed by atoms with Crippen molar-refractivity contribution in [2.45, 2.75) is 26.5 Å². The zero-order chi connectivity index (χ0) is 18.2. The third-order valence-corrected chi connectivity index (χ3v) is 4.29. The van der Waals surface area contributed by atoms with Gasteiger partial charge in [-0.05, 0) is 43.1 Å². The summed E-state index contributed by atoms with van der Waals surface area (Å²) in [5, 5.41) is 3.38. The molecular weight excluding hydrogens is 325 g/mol. The monoisotopic (exact) mass is 349 g/mol. The summed E-state index contributed by atoms with van der Waals surface area (Å²) >= 11 is 0. The van der Waals surface area contributed by atoms with Gasteiger partial charge in [0.05, 0.1) is 0 Å². The first-order chi connectivity index (χ1) is 12.7. The number of hydrogen-bond acceptors (Lipinski definition) is 2. The molecule has 0 aromatic heterocycles. The van der Waals surface area contributed by atoms with Crippen molar-refractivity contribution in [2.24, 2.45) is 0 Å². The molecule has 0 aliphatic heterocycles. The van der Waals surface area contributed by atoms with Crippen LogP contribution >= 0.6 is 0 Å². The van der Waals surface area contributed by atoms with E-state index in [0.717, 1.165) is 22.4 Å². The Kier molecular flexibility index (Phi) is 6.39. The van der Waals surface area contributed by atoms with E-state index >= 15 is 0 Å². The molecule has 0 heterocycles. The average molecular weight is 349 g/mol. The maximum Gasteiger partial charge on any atom is 0.126 e. The van der Waals surface area contributed by atoms with Crippen LogP contribution in [-0.4, -0.2) is 6.54 Å². The zero-order valence-electron chi connectivity index (χ0n) is 15.0. The van der Waals surface area contributed by atoms with Crippen molar-refractivity contribution in [1.82, 2.24) is 5.32 Å². The SMILES string of the molecule is Cc1cccc(COc2ccccc2CNCCc2ccccc2F)c1. The predicted octanol–water partition coefficient (Wildman–Crippen LogP) is 5.05. The second-order valence-electron chi connectivity index (χ2n) is 6.40. The molecule has 1 N–H and O–H groups in total. The van der Waals surface area contributed by atoms with Crippen molar-refractivity contribution < 1.29 is 9.13 Å². The van der Waals surface area contributed by atoms with E-state index < -0.39 is 0 Å². The number of hydrogen-bond donors (Lipinski definition) is 1. The molecular formula is C23H24FNO. The minimum absolute atomic E-state index is 0.142. The first-order valence-electron chi connectivity index (χ1n) is 8.93. The number of nitrogens with one attached hydrogen (secondary N) is 1. The van der Waals surface area contributed by atoms with Crippen LogP contribution in [0.1, 0.15) is 22.3 Å². The van der Waals surface area contributed by atoms with Gasteiger partial charge in [0, 0.05) is 12.1 Å². The molecule has 134 valence electrons. The highest BCUT2D eigenvalue weighted by molar-refractivity contribution is 5.33. The Bertz CT molecular complexity index is 847. The largest absolute Gasteiger partial charge is 0.489 e. The summed E-state index contributed by atoms with van der Waals surface area (Å²) in [5.41, 5.74) is 4.24. The summed E-state index contributed by atoms with van der Waals surface area (Å²) < 4.78 is 19.7. The van der Waals surface area contributed by atoms with Gasteiger partial charge in [-0.25, -0.2) is 4.39 Å².